The number of fused-ring (bicyclic) bond motifs is 1. The number of rotatable bonds is 7. The zero-order chi connectivity index (χ0) is 19.2. The lowest BCUT2D eigenvalue weighted by Crippen LogP contribution is -2.29. The van der Waals surface area contributed by atoms with Crippen molar-refractivity contribution in [1.82, 2.24) is 5.32 Å². The van der Waals surface area contributed by atoms with Crippen molar-refractivity contribution in [2.24, 2.45) is 5.92 Å². The van der Waals surface area contributed by atoms with Gasteiger partial charge in [-0.15, -0.1) is 0 Å². The molecule has 0 aliphatic heterocycles. The van der Waals surface area contributed by atoms with Crippen LogP contribution in [-0.2, 0) is 6.42 Å². The van der Waals surface area contributed by atoms with E-state index < -0.39 is 0 Å². The average molecular weight is 363 g/mol. The molecule has 1 unspecified atom stereocenters. The fraction of sp³-hybridized carbons (Fsp3) is 0.261. The van der Waals surface area contributed by atoms with Crippen LogP contribution in [-0.4, -0.2) is 26.7 Å². The average Bonchev–Trinajstić information content (AvgIpc) is 2.71. The third kappa shape index (κ3) is 4.22. The van der Waals surface area contributed by atoms with Crippen molar-refractivity contribution in [3.8, 4) is 11.5 Å². The maximum absolute atomic E-state index is 12.6. The number of carbonyl (C=O) groups excluding carboxylic acids is 1. The molecule has 0 saturated heterocycles. The van der Waals surface area contributed by atoms with Crippen LogP contribution in [0.5, 0.6) is 11.5 Å². The van der Waals surface area contributed by atoms with E-state index in [0.717, 1.165) is 6.42 Å². The van der Waals surface area contributed by atoms with Gasteiger partial charge in [-0.25, -0.2) is 0 Å². The molecule has 1 atom stereocenters. The van der Waals surface area contributed by atoms with Crippen LogP contribution in [0.2, 0.25) is 0 Å². The Labute approximate surface area is 160 Å². The Balaban J connectivity index is 1.67. The van der Waals surface area contributed by atoms with Gasteiger partial charge in [-0.05, 0) is 40.8 Å². The topological polar surface area (TPSA) is 47.6 Å². The third-order valence-electron chi connectivity index (χ3n) is 4.71. The largest absolute Gasteiger partial charge is 0.493 e. The first-order valence-electron chi connectivity index (χ1n) is 9.10. The Kier molecular flexibility index (Phi) is 5.97. The Bertz CT molecular complexity index is 931. The van der Waals surface area contributed by atoms with Gasteiger partial charge in [0, 0.05) is 6.54 Å². The van der Waals surface area contributed by atoms with Gasteiger partial charge < -0.3 is 14.8 Å². The van der Waals surface area contributed by atoms with E-state index >= 15 is 0 Å². The number of carbonyl (C=O) groups is 1. The van der Waals surface area contributed by atoms with E-state index in [1.807, 2.05) is 0 Å². The summed E-state index contributed by atoms with van der Waals surface area (Å²) in [5.41, 5.74) is 1.78. The van der Waals surface area contributed by atoms with Crippen LogP contribution in [0, 0.1) is 5.92 Å². The van der Waals surface area contributed by atoms with Crippen LogP contribution in [0.4, 0.5) is 0 Å². The maximum Gasteiger partial charge on any atom is 0.255 e. The molecule has 0 fully saturated rings. The molecule has 0 aliphatic rings. The molecule has 0 radical (unpaired) electrons. The maximum atomic E-state index is 12.6. The Hall–Kier alpha value is -3.01. The molecule has 4 heteroatoms. The minimum absolute atomic E-state index is 0.157. The SMILES string of the molecule is COc1cccc(C(=O)NCC(C)Cc2cccc3ccccc23)c1OC. The van der Waals surface area contributed by atoms with Crippen LogP contribution in [0.3, 0.4) is 0 Å². The predicted octanol–water partition coefficient (Wildman–Crippen LogP) is 4.47. The van der Waals surface area contributed by atoms with Gasteiger partial charge in [-0.2, -0.15) is 0 Å². The zero-order valence-electron chi connectivity index (χ0n) is 16.0. The Morgan fingerprint density at radius 3 is 2.48 bits per heavy atom. The van der Waals surface area contributed by atoms with Gasteiger partial charge in [0.2, 0.25) is 0 Å². The van der Waals surface area contributed by atoms with Crippen molar-refractivity contribution in [3.63, 3.8) is 0 Å². The van der Waals surface area contributed by atoms with Crippen LogP contribution >= 0.6 is 0 Å². The summed E-state index contributed by atoms with van der Waals surface area (Å²) >= 11 is 0. The molecular formula is C23H25NO3. The highest BCUT2D eigenvalue weighted by molar-refractivity contribution is 5.97. The van der Waals surface area contributed by atoms with E-state index in [1.165, 1.54) is 23.4 Å². The zero-order valence-corrected chi connectivity index (χ0v) is 16.0. The second kappa shape index (κ2) is 8.58. The fourth-order valence-electron chi connectivity index (χ4n) is 3.35. The van der Waals surface area contributed by atoms with Crippen molar-refractivity contribution in [2.75, 3.05) is 20.8 Å². The van der Waals surface area contributed by atoms with Gasteiger partial charge >= 0.3 is 0 Å². The second-order valence-corrected chi connectivity index (χ2v) is 6.70. The van der Waals surface area contributed by atoms with Crippen LogP contribution in [0.15, 0.2) is 60.7 Å². The molecule has 1 N–H and O–H groups in total. The molecule has 0 heterocycles. The summed E-state index contributed by atoms with van der Waals surface area (Å²) in [6.07, 6.45) is 0.900. The van der Waals surface area contributed by atoms with Gasteiger partial charge in [0.1, 0.15) is 0 Å². The number of amides is 1. The number of benzene rings is 3. The summed E-state index contributed by atoms with van der Waals surface area (Å²) in [7, 11) is 3.10. The van der Waals surface area contributed by atoms with Crippen LogP contribution < -0.4 is 14.8 Å². The monoisotopic (exact) mass is 363 g/mol. The predicted molar refractivity (Wildman–Crippen MR) is 109 cm³/mol. The molecule has 4 nitrogen and oxygen atoms in total. The first kappa shape index (κ1) is 18.8. The molecule has 3 aromatic rings. The molecule has 0 spiro atoms. The van der Waals surface area contributed by atoms with Crippen molar-refractivity contribution in [3.05, 3.63) is 71.8 Å². The molecule has 3 rings (SSSR count). The summed E-state index contributed by atoms with van der Waals surface area (Å²) < 4.78 is 10.6. The molecule has 140 valence electrons. The summed E-state index contributed by atoms with van der Waals surface area (Å²) in [5.74, 6) is 1.15. The third-order valence-corrected chi connectivity index (χ3v) is 4.71. The molecule has 0 bridgehead atoms. The molecular weight excluding hydrogens is 338 g/mol. The Morgan fingerprint density at radius 1 is 0.963 bits per heavy atom. The molecule has 1 amide bonds. The minimum Gasteiger partial charge on any atom is -0.493 e. The lowest BCUT2D eigenvalue weighted by atomic mass is 9.96. The number of nitrogens with one attached hydrogen (secondary N) is 1. The van der Waals surface area contributed by atoms with E-state index in [2.05, 4.69) is 54.7 Å². The van der Waals surface area contributed by atoms with E-state index in [9.17, 15) is 4.79 Å². The number of methoxy groups -OCH3 is 2. The van der Waals surface area contributed by atoms with Gasteiger partial charge in [0.15, 0.2) is 11.5 Å². The standard InChI is InChI=1S/C23H25NO3/c1-16(14-18-10-6-9-17-8-4-5-11-19(17)18)15-24-23(25)20-12-7-13-21(26-2)22(20)27-3/h4-13,16H,14-15H2,1-3H3,(H,24,25). The molecule has 0 aliphatic carbocycles. The first-order chi connectivity index (χ1) is 13.1. The van der Waals surface area contributed by atoms with E-state index in [4.69, 9.17) is 9.47 Å². The van der Waals surface area contributed by atoms with E-state index in [-0.39, 0.29) is 5.91 Å². The Morgan fingerprint density at radius 2 is 1.70 bits per heavy atom. The second-order valence-electron chi connectivity index (χ2n) is 6.70. The van der Waals surface area contributed by atoms with Crippen LogP contribution in [0.25, 0.3) is 10.8 Å². The summed E-state index contributed by atoms with van der Waals surface area (Å²) in [6.45, 7) is 2.73. The quantitative estimate of drug-likeness (QED) is 0.674. The van der Waals surface area contributed by atoms with E-state index in [1.54, 1.807) is 25.3 Å². The minimum atomic E-state index is -0.157. The molecule has 27 heavy (non-hydrogen) atoms. The first-order valence-corrected chi connectivity index (χ1v) is 9.10. The number of hydrogen-bond acceptors (Lipinski definition) is 3. The van der Waals surface area contributed by atoms with Gasteiger partial charge in [-0.3, -0.25) is 4.79 Å². The molecule has 0 saturated carbocycles. The highest BCUT2D eigenvalue weighted by atomic mass is 16.5. The van der Waals surface area contributed by atoms with Crippen molar-refractivity contribution >= 4 is 16.7 Å². The van der Waals surface area contributed by atoms with Crippen LogP contribution in [0.1, 0.15) is 22.8 Å². The molecule has 0 aromatic heterocycles. The summed E-state index contributed by atoms with van der Waals surface area (Å²) in [6, 6.07) is 20.1. The lowest BCUT2D eigenvalue weighted by molar-refractivity contribution is 0.0944. The van der Waals surface area contributed by atoms with Gasteiger partial charge in [-0.1, -0.05) is 55.5 Å². The number of ether oxygens (including phenoxy) is 2. The normalized spacial score (nSPS) is 11.8. The van der Waals surface area contributed by atoms with Crippen molar-refractivity contribution < 1.29 is 14.3 Å². The van der Waals surface area contributed by atoms with E-state index in [0.29, 0.717) is 29.5 Å². The smallest absolute Gasteiger partial charge is 0.255 e. The fourth-order valence-corrected chi connectivity index (χ4v) is 3.35. The molecule has 3 aromatic carbocycles. The van der Waals surface area contributed by atoms with Gasteiger partial charge in [0.05, 0.1) is 19.8 Å². The highest BCUT2D eigenvalue weighted by Gasteiger charge is 2.17. The number of para-hydroxylation sites is 1. The van der Waals surface area contributed by atoms with Crippen molar-refractivity contribution in [2.45, 2.75) is 13.3 Å². The lowest BCUT2D eigenvalue weighted by Gasteiger charge is -2.16. The van der Waals surface area contributed by atoms with Gasteiger partial charge in [0.25, 0.3) is 5.91 Å². The summed E-state index contributed by atoms with van der Waals surface area (Å²) in [4.78, 5) is 12.6. The van der Waals surface area contributed by atoms with Crippen molar-refractivity contribution in [1.29, 1.82) is 0 Å². The highest BCUT2D eigenvalue weighted by Crippen LogP contribution is 2.30. The summed E-state index contributed by atoms with van der Waals surface area (Å²) in [5, 5.41) is 5.53. The number of hydrogen-bond donors (Lipinski definition) is 1.